The standard InChI is InChI=1S/C19H22N4O3/c1-13(14-6-7-14)23-17(8-10-20-23)21-18(24)9-11-22-15-4-2-3-5-16(15)26-12-19(22)25/h2-5,8,10,13-14H,6-7,9,11-12H2,1H3,(H,21,24). The molecule has 1 atom stereocenters. The van der Waals surface area contributed by atoms with Gasteiger partial charge in [-0.3, -0.25) is 9.59 Å². The van der Waals surface area contributed by atoms with Crippen molar-refractivity contribution in [1.29, 1.82) is 0 Å². The van der Waals surface area contributed by atoms with E-state index in [4.69, 9.17) is 4.74 Å². The number of carbonyl (C=O) groups excluding carboxylic acids is 2. The number of amides is 2. The summed E-state index contributed by atoms with van der Waals surface area (Å²) in [6, 6.07) is 9.47. The molecule has 0 spiro atoms. The normalized spacial score (nSPS) is 17.4. The van der Waals surface area contributed by atoms with Gasteiger partial charge in [0.1, 0.15) is 11.6 Å². The lowest BCUT2D eigenvalue weighted by atomic mass is 10.2. The molecular formula is C19H22N4O3. The molecule has 1 aliphatic heterocycles. The third kappa shape index (κ3) is 3.29. The van der Waals surface area contributed by atoms with Gasteiger partial charge in [-0.25, -0.2) is 4.68 Å². The highest BCUT2D eigenvalue weighted by molar-refractivity contribution is 5.99. The van der Waals surface area contributed by atoms with Crippen molar-refractivity contribution in [3.63, 3.8) is 0 Å². The van der Waals surface area contributed by atoms with Crippen molar-refractivity contribution in [2.45, 2.75) is 32.2 Å². The molecule has 2 aliphatic rings. The van der Waals surface area contributed by atoms with Crippen LogP contribution >= 0.6 is 0 Å². The van der Waals surface area contributed by atoms with Gasteiger partial charge in [0.25, 0.3) is 5.91 Å². The largest absolute Gasteiger partial charge is 0.482 e. The molecule has 7 heteroatoms. The minimum Gasteiger partial charge on any atom is -0.482 e. The van der Waals surface area contributed by atoms with Crippen LogP contribution in [0.5, 0.6) is 5.75 Å². The van der Waals surface area contributed by atoms with Crippen LogP contribution in [0, 0.1) is 5.92 Å². The Kier molecular flexibility index (Phi) is 4.36. The van der Waals surface area contributed by atoms with Crippen LogP contribution in [0.1, 0.15) is 32.2 Å². The molecule has 0 bridgehead atoms. The maximum atomic E-state index is 12.4. The van der Waals surface area contributed by atoms with Gasteiger partial charge in [0.05, 0.1) is 17.9 Å². The monoisotopic (exact) mass is 354 g/mol. The van der Waals surface area contributed by atoms with Crippen LogP contribution in [0.15, 0.2) is 36.5 Å². The van der Waals surface area contributed by atoms with Crippen LogP contribution in [0.25, 0.3) is 0 Å². The Hall–Kier alpha value is -2.83. The summed E-state index contributed by atoms with van der Waals surface area (Å²) in [7, 11) is 0. The molecule has 7 nitrogen and oxygen atoms in total. The first-order chi connectivity index (χ1) is 12.6. The summed E-state index contributed by atoms with van der Waals surface area (Å²) in [5, 5.41) is 7.27. The molecule has 1 aromatic heterocycles. The lowest BCUT2D eigenvalue weighted by molar-refractivity contribution is -0.121. The predicted molar refractivity (Wildman–Crippen MR) is 97.2 cm³/mol. The summed E-state index contributed by atoms with van der Waals surface area (Å²) in [5.74, 6) is 1.76. The third-order valence-electron chi connectivity index (χ3n) is 5.00. The minimum atomic E-state index is -0.135. The van der Waals surface area contributed by atoms with Gasteiger partial charge >= 0.3 is 0 Å². The summed E-state index contributed by atoms with van der Waals surface area (Å²) in [6.45, 7) is 2.45. The summed E-state index contributed by atoms with van der Waals surface area (Å²) in [4.78, 5) is 26.2. The maximum absolute atomic E-state index is 12.4. The molecule has 4 rings (SSSR count). The number of aromatic nitrogens is 2. The summed E-state index contributed by atoms with van der Waals surface area (Å²) in [6.07, 6.45) is 4.35. The zero-order valence-electron chi connectivity index (χ0n) is 14.7. The van der Waals surface area contributed by atoms with Crippen molar-refractivity contribution in [2.24, 2.45) is 5.92 Å². The van der Waals surface area contributed by atoms with Crippen molar-refractivity contribution in [3.05, 3.63) is 36.5 Å². The third-order valence-corrected chi connectivity index (χ3v) is 5.00. The summed E-state index contributed by atoms with van der Waals surface area (Å²) >= 11 is 0. The Bertz CT molecular complexity index is 828. The number of fused-ring (bicyclic) bond motifs is 1. The Morgan fingerprint density at radius 3 is 2.96 bits per heavy atom. The van der Waals surface area contributed by atoms with Crippen LogP contribution in [0.2, 0.25) is 0 Å². The molecule has 0 saturated heterocycles. The molecule has 2 heterocycles. The van der Waals surface area contributed by atoms with E-state index in [0.29, 0.717) is 29.7 Å². The molecule has 1 N–H and O–H groups in total. The maximum Gasteiger partial charge on any atom is 0.265 e. The fraction of sp³-hybridized carbons (Fsp3) is 0.421. The van der Waals surface area contributed by atoms with Crippen molar-refractivity contribution in [2.75, 3.05) is 23.4 Å². The fourth-order valence-corrected chi connectivity index (χ4v) is 3.33. The lowest BCUT2D eigenvalue weighted by Crippen LogP contribution is -2.40. The van der Waals surface area contributed by atoms with Crippen molar-refractivity contribution >= 4 is 23.3 Å². The molecule has 136 valence electrons. The van der Waals surface area contributed by atoms with E-state index < -0.39 is 0 Å². The Balaban J connectivity index is 1.39. The number of nitrogens with one attached hydrogen (secondary N) is 1. The van der Waals surface area contributed by atoms with Gasteiger partial charge in [-0.05, 0) is 37.8 Å². The summed E-state index contributed by atoms with van der Waals surface area (Å²) < 4.78 is 7.30. The quantitative estimate of drug-likeness (QED) is 0.865. The van der Waals surface area contributed by atoms with Gasteiger partial charge in [0.2, 0.25) is 5.91 Å². The molecule has 1 fully saturated rings. The number of para-hydroxylation sites is 2. The molecule has 26 heavy (non-hydrogen) atoms. The van der Waals surface area contributed by atoms with Crippen molar-refractivity contribution < 1.29 is 14.3 Å². The van der Waals surface area contributed by atoms with Crippen LogP contribution in [-0.2, 0) is 9.59 Å². The number of hydrogen-bond donors (Lipinski definition) is 1. The molecule has 1 saturated carbocycles. The predicted octanol–water partition coefficient (Wildman–Crippen LogP) is 2.61. The number of ether oxygens (including phenoxy) is 1. The zero-order valence-corrected chi connectivity index (χ0v) is 14.7. The number of rotatable bonds is 6. The number of nitrogens with zero attached hydrogens (tertiary/aromatic N) is 3. The van der Waals surface area contributed by atoms with Gasteiger partial charge in [-0.1, -0.05) is 12.1 Å². The highest BCUT2D eigenvalue weighted by atomic mass is 16.5. The highest BCUT2D eigenvalue weighted by Gasteiger charge is 2.31. The molecular weight excluding hydrogens is 332 g/mol. The average molecular weight is 354 g/mol. The van der Waals surface area contributed by atoms with E-state index in [2.05, 4.69) is 17.3 Å². The first-order valence-corrected chi connectivity index (χ1v) is 8.99. The molecule has 0 radical (unpaired) electrons. The first-order valence-electron chi connectivity index (χ1n) is 8.99. The van der Waals surface area contributed by atoms with Gasteiger partial charge < -0.3 is 15.0 Å². The van der Waals surface area contributed by atoms with E-state index >= 15 is 0 Å². The SMILES string of the molecule is CC(C1CC1)n1nccc1NC(=O)CCN1C(=O)COc2ccccc21. The van der Waals surface area contributed by atoms with Crippen LogP contribution in [0.4, 0.5) is 11.5 Å². The number of benzene rings is 1. The van der Waals surface area contributed by atoms with Crippen LogP contribution in [0.3, 0.4) is 0 Å². The fourth-order valence-electron chi connectivity index (χ4n) is 3.33. The van der Waals surface area contributed by atoms with E-state index in [1.807, 2.05) is 35.0 Å². The number of carbonyl (C=O) groups is 2. The second-order valence-corrected chi connectivity index (χ2v) is 6.84. The topological polar surface area (TPSA) is 76.5 Å². The highest BCUT2D eigenvalue weighted by Crippen LogP contribution is 2.40. The van der Waals surface area contributed by atoms with Gasteiger partial charge in [-0.2, -0.15) is 5.10 Å². The first kappa shape index (κ1) is 16.6. The van der Waals surface area contributed by atoms with Gasteiger partial charge in [-0.15, -0.1) is 0 Å². The number of hydrogen-bond acceptors (Lipinski definition) is 4. The number of anilines is 2. The van der Waals surface area contributed by atoms with E-state index in [-0.39, 0.29) is 30.9 Å². The molecule has 2 amide bonds. The van der Waals surface area contributed by atoms with E-state index in [1.54, 1.807) is 11.1 Å². The minimum absolute atomic E-state index is 0.00427. The molecule has 2 aromatic rings. The van der Waals surface area contributed by atoms with Crippen molar-refractivity contribution in [1.82, 2.24) is 9.78 Å². The smallest absolute Gasteiger partial charge is 0.265 e. The zero-order chi connectivity index (χ0) is 18.1. The Labute approximate surface area is 151 Å². The van der Waals surface area contributed by atoms with Crippen LogP contribution < -0.4 is 15.0 Å². The van der Waals surface area contributed by atoms with E-state index in [0.717, 1.165) is 0 Å². The van der Waals surface area contributed by atoms with E-state index in [9.17, 15) is 9.59 Å². The van der Waals surface area contributed by atoms with Crippen molar-refractivity contribution in [3.8, 4) is 5.75 Å². The Morgan fingerprint density at radius 2 is 2.15 bits per heavy atom. The van der Waals surface area contributed by atoms with Crippen LogP contribution in [-0.4, -0.2) is 34.7 Å². The van der Waals surface area contributed by atoms with Gasteiger partial charge in [0.15, 0.2) is 6.61 Å². The Morgan fingerprint density at radius 1 is 1.35 bits per heavy atom. The average Bonchev–Trinajstić information content (AvgIpc) is 3.40. The van der Waals surface area contributed by atoms with E-state index in [1.165, 1.54) is 12.8 Å². The lowest BCUT2D eigenvalue weighted by Gasteiger charge is -2.29. The summed E-state index contributed by atoms with van der Waals surface area (Å²) in [5.41, 5.74) is 0.712. The molecule has 1 aromatic carbocycles. The second-order valence-electron chi connectivity index (χ2n) is 6.84. The van der Waals surface area contributed by atoms with Gasteiger partial charge in [0, 0.05) is 19.0 Å². The molecule has 1 aliphatic carbocycles. The second kappa shape index (κ2) is 6.82. The molecule has 1 unspecified atom stereocenters.